The van der Waals surface area contributed by atoms with Gasteiger partial charge < -0.3 is 19.3 Å². The Morgan fingerprint density at radius 2 is 1.73 bits per heavy atom. The molecule has 4 nitrogen and oxygen atoms in total. The van der Waals surface area contributed by atoms with Gasteiger partial charge in [0.2, 0.25) is 0 Å². The van der Waals surface area contributed by atoms with Gasteiger partial charge in [-0.3, -0.25) is 0 Å². The first-order valence-electron chi connectivity index (χ1n) is 5.66. The van der Waals surface area contributed by atoms with Crippen LogP contribution in [0.15, 0.2) is 0 Å². The Kier molecular flexibility index (Phi) is 9.33. The number of nitrogens with one attached hydrogen (secondary N) is 1. The van der Waals surface area contributed by atoms with Crippen LogP contribution in [0.3, 0.4) is 0 Å². The van der Waals surface area contributed by atoms with Gasteiger partial charge in [0.1, 0.15) is 0 Å². The van der Waals surface area contributed by atoms with Gasteiger partial charge in [-0.25, -0.2) is 0 Å². The number of aliphatic hydroxyl groups excluding tert-OH is 1. The van der Waals surface area contributed by atoms with Crippen molar-refractivity contribution in [2.24, 2.45) is 0 Å². The maximum Gasteiger partial charge on any atom is 0.364 e. The predicted octanol–water partition coefficient (Wildman–Crippen LogP) is 1.03. The Balaban J connectivity index is 3.54. The van der Waals surface area contributed by atoms with Crippen molar-refractivity contribution in [1.29, 1.82) is 0 Å². The van der Waals surface area contributed by atoms with Gasteiger partial charge in [-0.1, -0.05) is 13.3 Å². The molecule has 0 aliphatic heterocycles. The van der Waals surface area contributed by atoms with Crippen LogP contribution in [-0.4, -0.2) is 47.2 Å². The topological polar surface area (TPSA) is 50.7 Å². The molecule has 0 aliphatic carbocycles. The molecule has 92 valence electrons. The quantitative estimate of drug-likeness (QED) is 0.439. The van der Waals surface area contributed by atoms with E-state index in [1.807, 2.05) is 0 Å². The summed E-state index contributed by atoms with van der Waals surface area (Å²) in [7, 11) is 0.973. The second-order valence-corrected chi connectivity index (χ2v) is 7.14. The Morgan fingerprint density at radius 1 is 1.13 bits per heavy atom. The fourth-order valence-electron chi connectivity index (χ4n) is 1.41. The zero-order valence-corrected chi connectivity index (χ0v) is 11.2. The second kappa shape index (κ2) is 9.29. The molecule has 0 fully saturated rings. The van der Waals surface area contributed by atoms with Gasteiger partial charge in [-0.05, 0) is 32.0 Å². The third-order valence-corrected chi connectivity index (χ3v) is 5.69. The molecular weight excluding hydrogens is 210 g/mol. The van der Waals surface area contributed by atoms with Crippen LogP contribution in [0.25, 0.3) is 0 Å². The van der Waals surface area contributed by atoms with E-state index in [0.29, 0.717) is 0 Å². The fraction of sp³-hybridized carbons (Fsp3) is 1.00. The zero-order chi connectivity index (χ0) is 11.6. The highest BCUT2D eigenvalue weighted by Gasteiger charge is 2.33. The van der Waals surface area contributed by atoms with Crippen molar-refractivity contribution in [2.45, 2.75) is 32.2 Å². The van der Waals surface area contributed by atoms with Crippen LogP contribution in [-0.2, 0) is 8.85 Å². The molecule has 0 heterocycles. The first-order valence-corrected chi connectivity index (χ1v) is 7.89. The molecule has 0 spiro atoms. The highest BCUT2D eigenvalue weighted by atomic mass is 28.4. The highest BCUT2D eigenvalue weighted by Crippen LogP contribution is 2.12. The van der Waals surface area contributed by atoms with E-state index in [0.717, 1.165) is 25.6 Å². The summed E-state index contributed by atoms with van der Waals surface area (Å²) in [5.41, 5.74) is 0. The summed E-state index contributed by atoms with van der Waals surface area (Å²) in [4.78, 5) is 0. The average Bonchev–Trinajstić information content (AvgIpc) is 2.29. The lowest BCUT2D eigenvalue weighted by atomic mass is 10.3. The molecule has 0 radical (unpaired) electrons. The Labute approximate surface area is 94.2 Å². The second-order valence-electron chi connectivity index (χ2n) is 3.68. The molecule has 0 aliphatic rings. The van der Waals surface area contributed by atoms with E-state index in [-0.39, 0.29) is 6.23 Å². The highest BCUT2D eigenvalue weighted by molar-refractivity contribution is 6.67. The van der Waals surface area contributed by atoms with Crippen molar-refractivity contribution >= 4 is 8.56 Å². The smallest absolute Gasteiger partial charge is 0.364 e. The van der Waals surface area contributed by atoms with Crippen LogP contribution >= 0.6 is 0 Å². The summed E-state index contributed by atoms with van der Waals surface area (Å²) in [5.74, 6) is 0. The average molecular weight is 235 g/mol. The first-order chi connectivity index (χ1) is 7.24. The summed E-state index contributed by atoms with van der Waals surface area (Å²) in [6.45, 7) is 4.23. The summed E-state index contributed by atoms with van der Waals surface area (Å²) >= 11 is 0. The third-order valence-electron chi connectivity index (χ3n) is 2.60. The number of rotatable bonds is 10. The lowest BCUT2D eigenvalue weighted by molar-refractivity contribution is 0.196. The minimum Gasteiger partial charge on any atom is -0.396 e. The maximum absolute atomic E-state index is 9.21. The molecule has 0 atom stereocenters. The van der Waals surface area contributed by atoms with Gasteiger partial charge in [-0.15, -0.1) is 0 Å². The van der Waals surface area contributed by atoms with E-state index >= 15 is 0 Å². The van der Waals surface area contributed by atoms with Crippen LogP contribution in [0.1, 0.15) is 26.2 Å². The Bertz CT molecular complexity index is 134. The normalized spacial score (nSPS) is 12.0. The summed E-state index contributed by atoms with van der Waals surface area (Å²) in [6, 6.07) is 0.843. The van der Waals surface area contributed by atoms with Crippen molar-refractivity contribution in [1.82, 2.24) is 5.32 Å². The molecule has 0 bridgehead atoms. The molecule has 0 rings (SSSR count). The van der Waals surface area contributed by atoms with E-state index < -0.39 is 8.56 Å². The molecule has 0 aromatic carbocycles. The Morgan fingerprint density at radius 3 is 2.20 bits per heavy atom. The van der Waals surface area contributed by atoms with E-state index in [1.54, 1.807) is 14.2 Å². The van der Waals surface area contributed by atoms with Gasteiger partial charge in [0.25, 0.3) is 0 Å². The lowest BCUT2D eigenvalue weighted by Crippen LogP contribution is -2.45. The molecule has 2 N–H and O–H groups in total. The predicted molar refractivity (Wildman–Crippen MR) is 64.1 cm³/mol. The van der Waals surface area contributed by atoms with E-state index in [2.05, 4.69) is 12.2 Å². The van der Waals surface area contributed by atoms with Crippen molar-refractivity contribution in [3.63, 3.8) is 0 Å². The van der Waals surface area contributed by atoms with Crippen molar-refractivity contribution in [2.75, 3.05) is 33.5 Å². The lowest BCUT2D eigenvalue weighted by Gasteiger charge is -2.24. The minimum atomic E-state index is -2.27. The van der Waals surface area contributed by atoms with Crippen LogP contribution < -0.4 is 5.32 Å². The third kappa shape index (κ3) is 6.27. The molecule has 0 amide bonds. The largest absolute Gasteiger partial charge is 0.396 e. The van der Waals surface area contributed by atoms with E-state index in [9.17, 15) is 5.11 Å². The van der Waals surface area contributed by atoms with E-state index in [4.69, 9.17) is 8.85 Å². The van der Waals surface area contributed by atoms with Crippen molar-refractivity contribution in [3.05, 3.63) is 0 Å². The molecular formula is C10H25NO3Si. The van der Waals surface area contributed by atoms with Gasteiger partial charge in [0, 0.05) is 14.2 Å². The van der Waals surface area contributed by atoms with Crippen LogP contribution in [0.5, 0.6) is 0 Å². The standard InChI is InChI=1S/C10H25NO3Si/c1-4-5-7-11-8-6-9-15(10-12,13-2)14-3/h11-12H,4-10H2,1-3H3. The minimum absolute atomic E-state index is 0.0367. The monoisotopic (exact) mass is 235 g/mol. The zero-order valence-electron chi connectivity index (χ0n) is 10.2. The van der Waals surface area contributed by atoms with E-state index in [1.165, 1.54) is 12.8 Å². The summed E-state index contributed by atoms with van der Waals surface area (Å²) in [6.07, 6.45) is 3.47. The SMILES string of the molecule is CCCCNCCC[Si](CO)(OC)OC. The van der Waals surface area contributed by atoms with Crippen LogP contribution in [0, 0.1) is 0 Å². The Hall–Kier alpha value is 0.0569. The molecule has 0 unspecified atom stereocenters. The number of hydrogen-bond acceptors (Lipinski definition) is 4. The molecule has 15 heavy (non-hydrogen) atoms. The van der Waals surface area contributed by atoms with Gasteiger partial charge in [0.15, 0.2) is 0 Å². The first kappa shape index (κ1) is 15.1. The van der Waals surface area contributed by atoms with Crippen molar-refractivity contribution < 1.29 is 14.0 Å². The summed E-state index contributed by atoms with van der Waals surface area (Å²) < 4.78 is 10.6. The van der Waals surface area contributed by atoms with Gasteiger partial charge in [-0.2, -0.15) is 0 Å². The molecule has 0 aromatic heterocycles. The van der Waals surface area contributed by atoms with Crippen molar-refractivity contribution in [3.8, 4) is 0 Å². The molecule has 5 heteroatoms. The summed E-state index contributed by atoms with van der Waals surface area (Å²) in [5, 5.41) is 12.6. The maximum atomic E-state index is 9.21. The van der Waals surface area contributed by atoms with Crippen LogP contribution in [0.2, 0.25) is 6.04 Å². The fourth-order valence-corrected chi connectivity index (χ4v) is 3.11. The number of hydrogen-bond donors (Lipinski definition) is 2. The van der Waals surface area contributed by atoms with Crippen LogP contribution in [0.4, 0.5) is 0 Å². The van der Waals surface area contributed by atoms with Gasteiger partial charge in [0.05, 0.1) is 6.23 Å². The molecule has 0 aromatic rings. The molecule has 0 saturated carbocycles. The number of unbranched alkanes of at least 4 members (excludes halogenated alkanes) is 1. The number of aliphatic hydroxyl groups is 1. The molecule has 0 saturated heterocycles. The van der Waals surface area contributed by atoms with Gasteiger partial charge >= 0.3 is 8.56 Å².